The van der Waals surface area contributed by atoms with Crippen LogP contribution < -0.4 is 11.1 Å². The minimum atomic E-state index is -0.475. The minimum absolute atomic E-state index is 0. The van der Waals surface area contributed by atoms with E-state index in [-0.39, 0.29) is 36.3 Å². The summed E-state index contributed by atoms with van der Waals surface area (Å²) in [6.45, 7) is 2.31. The number of anilines is 1. The van der Waals surface area contributed by atoms with E-state index in [9.17, 15) is 4.79 Å². The molecular weight excluding hydrogens is 433 g/mol. The molecule has 2 aromatic rings. The fourth-order valence-corrected chi connectivity index (χ4v) is 2.77. The van der Waals surface area contributed by atoms with Crippen molar-refractivity contribution in [1.82, 2.24) is 0 Å². The molecule has 0 aliphatic heterocycles. The van der Waals surface area contributed by atoms with Crippen molar-refractivity contribution in [3.05, 3.63) is 53.0 Å². The fourth-order valence-electron chi connectivity index (χ4n) is 2.77. The number of carbonyl (C=O) groups is 1. The van der Waals surface area contributed by atoms with Crippen LogP contribution in [0.5, 0.6) is 0 Å². The molecule has 1 aromatic heterocycles. The van der Waals surface area contributed by atoms with Crippen molar-refractivity contribution in [2.75, 3.05) is 11.9 Å². The quantitative estimate of drug-likeness (QED) is 0.312. The van der Waals surface area contributed by atoms with Crippen LogP contribution in [-0.4, -0.2) is 18.5 Å². The number of guanidine groups is 1. The van der Waals surface area contributed by atoms with Crippen LogP contribution in [0, 0.1) is 0 Å². The van der Waals surface area contributed by atoms with Crippen molar-refractivity contribution in [2.24, 2.45) is 10.7 Å². The first-order chi connectivity index (χ1) is 11.7. The number of hydrogen-bond donors (Lipinski definition) is 2. The van der Waals surface area contributed by atoms with Gasteiger partial charge in [-0.2, -0.15) is 0 Å². The van der Waals surface area contributed by atoms with Gasteiger partial charge in [-0.1, -0.05) is 6.07 Å². The Labute approximate surface area is 163 Å². The van der Waals surface area contributed by atoms with Gasteiger partial charge in [0, 0.05) is 5.69 Å². The summed E-state index contributed by atoms with van der Waals surface area (Å²) in [6, 6.07) is 9.54. The lowest BCUT2D eigenvalue weighted by molar-refractivity contribution is 0.0488. The van der Waals surface area contributed by atoms with Crippen molar-refractivity contribution in [3.63, 3.8) is 0 Å². The van der Waals surface area contributed by atoms with E-state index >= 15 is 0 Å². The van der Waals surface area contributed by atoms with Crippen LogP contribution in [0.25, 0.3) is 0 Å². The van der Waals surface area contributed by atoms with E-state index in [0.717, 1.165) is 18.5 Å². The van der Waals surface area contributed by atoms with Gasteiger partial charge in [-0.15, -0.1) is 24.0 Å². The Hall–Kier alpha value is -2.03. The number of aliphatic imine (C=N–C) groups is 1. The highest BCUT2D eigenvalue weighted by Gasteiger charge is 2.12. The Morgan fingerprint density at radius 3 is 2.88 bits per heavy atom. The molecule has 3 N–H and O–H groups in total. The molecule has 3 rings (SSSR count). The SMILES string of the molecule is CCOC(=O)c1ccc(CN=C(N)Nc2ccc3c(c2)CCC3)o1.I. The van der Waals surface area contributed by atoms with Crippen LogP contribution in [0.4, 0.5) is 5.69 Å². The van der Waals surface area contributed by atoms with E-state index in [4.69, 9.17) is 14.9 Å². The molecule has 0 amide bonds. The molecular formula is C18H22IN3O3. The molecule has 0 spiro atoms. The zero-order chi connectivity index (χ0) is 16.9. The lowest BCUT2D eigenvalue weighted by atomic mass is 10.1. The third-order valence-electron chi connectivity index (χ3n) is 3.91. The molecule has 134 valence electrons. The number of halogens is 1. The van der Waals surface area contributed by atoms with Gasteiger partial charge in [0.05, 0.1) is 6.61 Å². The molecule has 0 unspecified atom stereocenters. The summed E-state index contributed by atoms with van der Waals surface area (Å²) in [5.41, 5.74) is 9.64. The van der Waals surface area contributed by atoms with Gasteiger partial charge >= 0.3 is 5.97 Å². The van der Waals surface area contributed by atoms with E-state index < -0.39 is 5.97 Å². The van der Waals surface area contributed by atoms with Crippen LogP contribution >= 0.6 is 24.0 Å². The molecule has 1 aliphatic rings. The second-order valence-corrected chi connectivity index (χ2v) is 5.65. The molecule has 0 radical (unpaired) electrons. The van der Waals surface area contributed by atoms with Gasteiger partial charge in [0.25, 0.3) is 0 Å². The summed E-state index contributed by atoms with van der Waals surface area (Å²) < 4.78 is 10.3. The largest absolute Gasteiger partial charge is 0.460 e. The Balaban J connectivity index is 0.00000225. The number of furan rings is 1. The molecule has 0 saturated heterocycles. The molecule has 1 heterocycles. The number of nitrogens with one attached hydrogen (secondary N) is 1. The number of esters is 1. The van der Waals surface area contributed by atoms with Crippen molar-refractivity contribution in [2.45, 2.75) is 32.7 Å². The molecule has 0 fully saturated rings. The average molecular weight is 455 g/mol. The number of ether oxygens (including phenoxy) is 1. The Morgan fingerprint density at radius 1 is 1.28 bits per heavy atom. The molecule has 1 aliphatic carbocycles. The zero-order valence-corrected chi connectivity index (χ0v) is 16.4. The number of rotatable bonds is 5. The van der Waals surface area contributed by atoms with Crippen LogP contribution in [0.3, 0.4) is 0 Å². The summed E-state index contributed by atoms with van der Waals surface area (Å²) in [5, 5.41) is 3.09. The molecule has 0 saturated carbocycles. The van der Waals surface area contributed by atoms with Gasteiger partial charge in [0.1, 0.15) is 12.3 Å². The van der Waals surface area contributed by atoms with Gasteiger partial charge in [0.15, 0.2) is 5.96 Å². The highest BCUT2D eigenvalue weighted by Crippen LogP contribution is 2.24. The van der Waals surface area contributed by atoms with Gasteiger partial charge in [-0.3, -0.25) is 0 Å². The van der Waals surface area contributed by atoms with E-state index in [1.807, 2.05) is 6.07 Å². The smallest absolute Gasteiger partial charge is 0.374 e. The number of benzene rings is 1. The van der Waals surface area contributed by atoms with Gasteiger partial charge < -0.3 is 20.2 Å². The summed E-state index contributed by atoms with van der Waals surface area (Å²) in [7, 11) is 0. The number of hydrogen-bond acceptors (Lipinski definition) is 4. The van der Waals surface area contributed by atoms with Crippen LogP contribution in [0.15, 0.2) is 39.7 Å². The molecule has 6 nitrogen and oxygen atoms in total. The van der Waals surface area contributed by atoms with E-state index in [2.05, 4.69) is 22.4 Å². The first kappa shape index (κ1) is 19.3. The van der Waals surface area contributed by atoms with Gasteiger partial charge in [-0.05, 0) is 61.6 Å². The zero-order valence-electron chi connectivity index (χ0n) is 14.1. The van der Waals surface area contributed by atoms with E-state index in [0.29, 0.717) is 18.3 Å². The van der Waals surface area contributed by atoms with Crippen LogP contribution in [-0.2, 0) is 24.1 Å². The Morgan fingerprint density at radius 2 is 2.08 bits per heavy atom. The van der Waals surface area contributed by atoms with Crippen molar-refractivity contribution in [1.29, 1.82) is 0 Å². The van der Waals surface area contributed by atoms with Crippen molar-refractivity contribution < 1.29 is 13.9 Å². The molecule has 0 bridgehead atoms. The first-order valence-corrected chi connectivity index (χ1v) is 8.10. The predicted octanol–water partition coefficient (Wildman–Crippen LogP) is 3.49. The maximum Gasteiger partial charge on any atom is 0.374 e. The third-order valence-corrected chi connectivity index (χ3v) is 3.91. The fraction of sp³-hybridized carbons (Fsp3) is 0.333. The van der Waals surface area contributed by atoms with Gasteiger partial charge in [-0.25, -0.2) is 9.79 Å². The van der Waals surface area contributed by atoms with Crippen molar-refractivity contribution >= 4 is 41.6 Å². The maximum atomic E-state index is 11.5. The third kappa shape index (κ3) is 4.97. The second kappa shape index (κ2) is 8.89. The lowest BCUT2D eigenvalue weighted by Crippen LogP contribution is -2.22. The topological polar surface area (TPSA) is 89.8 Å². The van der Waals surface area contributed by atoms with Crippen LogP contribution in [0.1, 0.15) is 40.8 Å². The number of nitrogens with two attached hydrogens (primary N) is 1. The summed E-state index contributed by atoms with van der Waals surface area (Å²) in [5.74, 6) is 0.558. The molecule has 1 aromatic carbocycles. The summed E-state index contributed by atoms with van der Waals surface area (Å²) in [4.78, 5) is 15.8. The monoisotopic (exact) mass is 455 g/mol. The van der Waals surface area contributed by atoms with Crippen molar-refractivity contribution in [3.8, 4) is 0 Å². The number of fused-ring (bicyclic) bond motifs is 1. The Kier molecular flexibility index (Phi) is 6.86. The standard InChI is InChI=1S/C18H21N3O3.HI/c1-2-23-17(22)16-9-8-15(24-16)11-20-18(19)21-14-7-6-12-4-3-5-13(12)10-14;/h6-10H,2-5,11H2,1H3,(H3,19,20,21);1H. The Bertz CT molecular complexity index is 771. The predicted molar refractivity (Wildman–Crippen MR) is 107 cm³/mol. The second-order valence-electron chi connectivity index (χ2n) is 5.65. The summed E-state index contributed by atoms with van der Waals surface area (Å²) >= 11 is 0. The van der Waals surface area contributed by atoms with Gasteiger partial charge in [0.2, 0.25) is 5.76 Å². The normalized spacial score (nSPS) is 13.1. The number of aryl methyl sites for hydroxylation is 2. The summed E-state index contributed by atoms with van der Waals surface area (Å²) in [6.07, 6.45) is 3.48. The van der Waals surface area contributed by atoms with Crippen LogP contribution in [0.2, 0.25) is 0 Å². The number of carbonyl (C=O) groups excluding carboxylic acids is 1. The van der Waals surface area contributed by atoms with E-state index in [1.165, 1.54) is 17.5 Å². The average Bonchev–Trinajstić information content (AvgIpc) is 3.22. The lowest BCUT2D eigenvalue weighted by Gasteiger charge is -2.07. The number of nitrogens with zero attached hydrogens (tertiary/aromatic N) is 1. The van der Waals surface area contributed by atoms with E-state index in [1.54, 1.807) is 19.1 Å². The molecule has 25 heavy (non-hydrogen) atoms. The highest BCUT2D eigenvalue weighted by atomic mass is 127. The highest BCUT2D eigenvalue weighted by molar-refractivity contribution is 14.0. The molecule has 0 atom stereocenters. The minimum Gasteiger partial charge on any atom is -0.460 e. The maximum absolute atomic E-state index is 11.5. The molecule has 7 heteroatoms. The first-order valence-electron chi connectivity index (χ1n) is 8.10.